The Morgan fingerprint density at radius 3 is 3.00 bits per heavy atom. The van der Waals surface area contributed by atoms with Gasteiger partial charge in [0.25, 0.3) is 5.91 Å². The van der Waals surface area contributed by atoms with Gasteiger partial charge in [0.15, 0.2) is 0 Å². The van der Waals surface area contributed by atoms with Crippen LogP contribution in [0.2, 0.25) is 0 Å². The van der Waals surface area contributed by atoms with Gasteiger partial charge in [-0.2, -0.15) is 0 Å². The average Bonchev–Trinajstić information content (AvgIpc) is 2.72. The lowest BCUT2D eigenvalue weighted by Crippen LogP contribution is -2.25. The number of rotatable bonds is 3. The van der Waals surface area contributed by atoms with Gasteiger partial charge in [0.05, 0.1) is 13.2 Å². The molecule has 0 unspecified atom stereocenters. The van der Waals surface area contributed by atoms with Crippen LogP contribution in [0.4, 0.5) is 0 Å². The quantitative estimate of drug-likeness (QED) is 0.795. The maximum Gasteiger partial charge on any atom is 0.251 e. The van der Waals surface area contributed by atoms with E-state index in [9.17, 15) is 4.79 Å². The highest BCUT2D eigenvalue weighted by atomic mass is 35.5. The largest absolute Gasteiger partial charge is 0.372 e. The highest BCUT2D eigenvalue weighted by molar-refractivity contribution is 6.18. The van der Waals surface area contributed by atoms with E-state index in [0.29, 0.717) is 31.2 Å². The molecule has 0 atom stereocenters. The Morgan fingerprint density at radius 2 is 2.20 bits per heavy atom. The lowest BCUT2D eigenvalue weighted by molar-refractivity contribution is 0.0956. The summed E-state index contributed by atoms with van der Waals surface area (Å²) in [6.07, 6.45) is 0. The topological polar surface area (TPSA) is 38.3 Å². The average molecular weight is 226 g/mol. The second kappa shape index (κ2) is 4.64. The molecule has 0 fully saturated rings. The monoisotopic (exact) mass is 225 g/mol. The van der Waals surface area contributed by atoms with Crippen molar-refractivity contribution in [2.24, 2.45) is 0 Å². The molecule has 0 saturated carbocycles. The van der Waals surface area contributed by atoms with Crippen LogP contribution in [0.3, 0.4) is 0 Å². The molecule has 4 heteroatoms. The number of nitrogens with one attached hydrogen (secondary N) is 1. The van der Waals surface area contributed by atoms with Gasteiger partial charge < -0.3 is 10.1 Å². The standard InChI is InChI=1S/C11H12ClNO2/c12-3-4-13-11(14)8-1-2-9-6-15-7-10(9)5-8/h1-2,5H,3-4,6-7H2,(H,13,14). The van der Waals surface area contributed by atoms with Crippen molar-refractivity contribution in [2.75, 3.05) is 12.4 Å². The molecular weight excluding hydrogens is 214 g/mol. The Morgan fingerprint density at radius 1 is 1.40 bits per heavy atom. The number of halogens is 1. The number of amides is 1. The van der Waals surface area contributed by atoms with E-state index in [1.165, 1.54) is 5.56 Å². The number of carbonyl (C=O) groups excluding carboxylic acids is 1. The van der Waals surface area contributed by atoms with Gasteiger partial charge in [-0.25, -0.2) is 0 Å². The van der Waals surface area contributed by atoms with Crippen LogP contribution in [0, 0.1) is 0 Å². The molecule has 1 aromatic carbocycles. The summed E-state index contributed by atoms with van der Waals surface area (Å²) in [6, 6.07) is 5.64. The maximum atomic E-state index is 11.6. The van der Waals surface area contributed by atoms with Gasteiger partial charge in [0.2, 0.25) is 0 Å². The molecule has 0 aromatic heterocycles. The SMILES string of the molecule is O=C(NCCCl)c1ccc2c(c1)COC2. The minimum Gasteiger partial charge on any atom is -0.372 e. The number of benzene rings is 1. The molecule has 0 bridgehead atoms. The van der Waals surface area contributed by atoms with Crippen LogP contribution < -0.4 is 5.32 Å². The van der Waals surface area contributed by atoms with Crippen molar-refractivity contribution in [1.82, 2.24) is 5.32 Å². The smallest absolute Gasteiger partial charge is 0.251 e. The molecule has 3 nitrogen and oxygen atoms in total. The van der Waals surface area contributed by atoms with E-state index in [1.54, 1.807) is 0 Å². The van der Waals surface area contributed by atoms with Crippen molar-refractivity contribution in [3.63, 3.8) is 0 Å². The summed E-state index contributed by atoms with van der Waals surface area (Å²) in [6.45, 7) is 1.75. The Kier molecular flexibility index (Phi) is 3.23. The summed E-state index contributed by atoms with van der Waals surface area (Å²) < 4.78 is 5.28. The van der Waals surface area contributed by atoms with E-state index >= 15 is 0 Å². The normalized spacial score (nSPS) is 13.7. The molecule has 0 aliphatic carbocycles. The van der Waals surface area contributed by atoms with E-state index < -0.39 is 0 Å². The van der Waals surface area contributed by atoms with E-state index in [2.05, 4.69) is 5.32 Å². The zero-order valence-corrected chi connectivity index (χ0v) is 9.01. The predicted molar refractivity (Wildman–Crippen MR) is 58.0 cm³/mol. The van der Waals surface area contributed by atoms with Gasteiger partial charge in [0.1, 0.15) is 0 Å². The lowest BCUT2D eigenvalue weighted by Gasteiger charge is -2.04. The number of fused-ring (bicyclic) bond motifs is 1. The Hall–Kier alpha value is -1.06. The highest BCUT2D eigenvalue weighted by Gasteiger charge is 2.13. The third-order valence-corrected chi connectivity index (χ3v) is 2.55. The van der Waals surface area contributed by atoms with Crippen molar-refractivity contribution in [3.05, 3.63) is 34.9 Å². The second-order valence-corrected chi connectivity index (χ2v) is 3.80. The van der Waals surface area contributed by atoms with Gasteiger partial charge in [0, 0.05) is 18.0 Å². The maximum absolute atomic E-state index is 11.6. The van der Waals surface area contributed by atoms with Crippen molar-refractivity contribution < 1.29 is 9.53 Å². The van der Waals surface area contributed by atoms with Gasteiger partial charge >= 0.3 is 0 Å². The van der Waals surface area contributed by atoms with Crippen LogP contribution in [-0.4, -0.2) is 18.3 Å². The van der Waals surface area contributed by atoms with Crippen molar-refractivity contribution in [3.8, 4) is 0 Å². The molecule has 1 N–H and O–H groups in total. The summed E-state index contributed by atoms with van der Waals surface area (Å²) in [5.41, 5.74) is 2.95. The molecule has 1 amide bonds. The fourth-order valence-electron chi connectivity index (χ4n) is 1.58. The molecule has 0 spiro atoms. The first-order valence-electron chi connectivity index (χ1n) is 4.85. The number of carbonyl (C=O) groups is 1. The highest BCUT2D eigenvalue weighted by Crippen LogP contribution is 2.20. The van der Waals surface area contributed by atoms with Crippen molar-refractivity contribution in [1.29, 1.82) is 0 Å². The van der Waals surface area contributed by atoms with Crippen LogP contribution in [0.15, 0.2) is 18.2 Å². The minimum absolute atomic E-state index is 0.0784. The molecule has 1 aliphatic heterocycles. The second-order valence-electron chi connectivity index (χ2n) is 3.42. The van der Waals surface area contributed by atoms with E-state index in [0.717, 1.165) is 5.56 Å². The molecular formula is C11H12ClNO2. The van der Waals surface area contributed by atoms with Crippen LogP contribution in [-0.2, 0) is 18.0 Å². The summed E-state index contributed by atoms with van der Waals surface area (Å²) in [5.74, 6) is 0.352. The molecule has 1 aliphatic rings. The fourth-order valence-corrected chi connectivity index (χ4v) is 1.67. The molecule has 0 radical (unpaired) electrons. The molecule has 1 heterocycles. The first-order valence-corrected chi connectivity index (χ1v) is 5.38. The van der Waals surface area contributed by atoms with Crippen LogP contribution in [0.5, 0.6) is 0 Å². The van der Waals surface area contributed by atoms with Gasteiger partial charge in [-0.15, -0.1) is 11.6 Å². The molecule has 80 valence electrons. The number of hydrogen-bond acceptors (Lipinski definition) is 2. The first kappa shape index (κ1) is 10.5. The number of alkyl halides is 1. The van der Waals surface area contributed by atoms with Gasteiger partial charge in [-0.1, -0.05) is 6.07 Å². The summed E-state index contributed by atoms with van der Waals surface area (Å²) in [7, 11) is 0. The van der Waals surface area contributed by atoms with Crippen molar-refractivity contribution in [2.45, 2.75) is 13.2 Å². The molecule has 0 saturated heterocycles. The third-order valence-electron chi connectivity index (χ3n) is 2.36. The predicted octanol–water partition coefficient (Wildman–Crippen LogP) is 1.69. The third kappa shape index (κ3) is 2.30. The van der Waals surface area contributed by atoms with Crippen LogP contribution in [0.1, 0.15) is 21.5 Å². The molecule has 1 aromatic rings. The summed E-state index contributed by atoms with van der Waals surface area (Å²) in [4.78, 5) is 11.6. The summed E-state index contributed by atoms with van der Waals surface area (Å²) in [5, 5.41) is 2.73. The Labute approximate surface area is 93.4 Å². The minimum atomic E-state index is -0.0784. The first-order chi connectivity index (χ1) is 7.31. The number of ether oxygens (including phenoxy) is 1. The zero-order chi connectivity index (χ0) is 10.7. The van der Waals surface area contributed by atoms with Gasteiger partial charge in [-0.3, -0.25) is 4.79 Å². The fraction of sp³-hybridized carbons (Fsp3) is 0.364. The van der Waals surface area contributed by atoms with Crippen LogP contribution >= 0.6 is 11.6 Å². The van der Waals surface area contributed by atoms with Gasteiger partial charge in [-0.05, 0) is 23.3 Å². The summed E-state index contributed by atoms with van der Waals surface area (Å²) >= 11 is 5.49. The Balaban J connectivity index is 2.12. The zero-order valence-electron chi connectivity index (χ0n) is 8.25. The van der Waals surface area contributed by atoms with E-state index in [1.807, 2.05) is 18.2 Å². The van der Waals surface area contributed by atoms with E-state index in [4.69, 9.17) is 16.3 Å². The Bertz CT molecular complexity index is 379. The number of hydrogen-bond donors (Lipinski definition) is 1. The lowest BCUT2D eigenvalue weighted by atomic mass is 10.1. The van der Waals surface area contributed by atoms with E-state index in [-0.39, 0.29) is 5.91 Å². The van der Waals surface area contributed by atoms with Crippen molar-refractivity contribution >= 4 is 17.5 Å². The molecule has 15 heavy (non-hydrogen) atoms. The van der Waals surface area contributed by atoms with Crippen LogP contribution in [0.25, 0.3) is 0 Å². The molecule has 2 rings (SSSR count).